The Morgan fingerprint density at radius 3 is 2.67 bits per heavy atom. The molecule has 0 saturated carbocycles. The molecule has 6 heteroatoms. The number of hydrogen-bond acceptors (Lipinski definition) is 5. The molecule has 1 aromatic heterocycles. The number of nitrogens with zero attached hydrogens (tertiary/aromatic N) is 2. The van der Waals surface area contributed by atoms with E-state index in [4.69, 9.17) is 10.5 Å². The van der Waals surface area contributed by atoms with Crippen molar-refractivity contribution >= 4 is 17.2 Å². The third-order valence-electron chi connectivity index (χ3n) is 4.15. The molecule has 24 heavy (non-hydrogen) atoms. The molecule has 2 N–H and O–H groups in total. The first-order valence-corrected chi connectivity index (χ1v) is 9.27. The molecule has 1 aliphatic heterocycles. The number of rotatable bonds is 7. The zero-order valence-electron chi connectivity index (χ0n) is 13.7. The molecule has 0 radical (unpaired) electrons. The molecule has 3 rings (SSSR count). The number of carbonyl (C=O) groups is 1. The quantitative estimate of drug-likeness (QED) is 0.838. The van der Waals surface area contributed by atoms with Crippen LogP contribution in [-0.2, 0) is 11.2 Å². The monoisotopic (exact) mass is 345 g/mol. The summed E-state index contributed by atoms with van der Waals surface area (Å²) >= 11 is 1.46. The van der Waals surface area contributed by atoms with Gasteiger partial charge in [0, 0.05) is 17.5 Å². The van der Waals surface area contributed by atoms with Gasteiger partial charge in [-0.25, -0.2) is 4.98 Å². The number of carbonyl (C=O) groups excluding carboxylic acids is 1. The third-order valence-corrected chi connectivity index (χ3v) is 5.00. The first-order valence-electron chi connectivity index (χ1n) is 8.39. The van der Waals surface area contributed by atoms with Gasteiger partial charge in [-0.2, -0.15) is 0 Å². The van der Waals surface area contributed by atoms with Crippen LogP contribution in [0.2, 0.25) is 0 Å². The van der Waals surface area contributed by atoms with Crippen LogP contribution in [0, 0.1) is 0 Å². The average molecular weight is 345 g/mol. The van der Waals surface area contributed by atoms with Gasteiger partial charge >= 0.3 is 0 Å². The number of primary amides is 1. The molecule has 1 aliphatic rings. The SMILES string of the molecule is NC(=O)Cc1nc(-c2ccc(OCCN3CCCCC3)cc2)cs1. The molecule has 1 fully saturated rings. The van der Waals surface area contributed by atoms with Crippen molar-refractivity contribution in [1.82, 2.24) is 9.88 Å². The number of likely N-dealkylation sites (tertiary alicyclic amines) is 1. The summed E-state index contributed by atoms with van der Waals surface area (Å²) in [6.45, 7) is 4.10. The van der Waals surface area contributed by atoms with E-state index in [1.54, 1.807) is 0 Å². The van der Waals surface area contributed by atoms with E-state index >= 15 is 0 Å². The van der Waals surface area contributed by atoms with Crippen LogP contribution in [0.3, 0.4) is 0 Å². The highest BCUT2D eigenvalue weighted by Gasteiger charge is 2.10. The summed E-state index contributed by atoms with van der Waals surface area (Å²) in [4.78, 5) is 17.9. The molecule has 0 aliphatic carbocycles. The Kier molecular flexibility index (Phi) is 5.82. The summed E-state index contributed by atoms with van der Waals surface area (Å²) in [7, 11) is 0. The number of aromatic nitrogens is 1. The van der Waals surface area contributed by atoms with Gasteiger partial charge in [-0.3, -0.25) is 9.69 Å². The molecular formula is C18H23N3O2S. The fourth-order valence-electron chi connectivity index (χ4n) is 2.87. The zero-order chi connectivity index (χ0) is 16.8. The largest absolute Gasteiger partial charge is 0.492 e. The molecule has 0 spiro atoms. The highest BCUT2D eigenvalue weighted by Crippen LogP contribution is 2.24. The standard InChI is InChI=1S/C18H23N3O2S/c19-17(22)12-18-20-16(13-24-18)14-4-6-15(7-5-14)23-11-10-21-8-2-1-3-9-21/h4-7,13H,1-3,8-12H2,(H2,19,22). The van der Waals surface area contributed by atoms with Gasteiger partial charge in [0.25, 0.3) is 0 Å². The highest BCUT2D eigenvalue weighted by atomic mass is 32.1. The van der Waals surface area contributed by atoms with Crippen molar-refractivity contribution in [2.45, 2.75) is 25.7 Å². The lowest BCUT2D eigenvalue weighted by atomic mass is 10.1. The number of piperidine rings is 1. The predicted octanol–water partition coefficient (Wildman–Crippen LogP) is 2.70. The maximum atomic E-state index is 10.9. The summed E-state index contributed by atoms with van der Waals surface area (Å²) in [6, 6.07) is 7.94. The van der Waals surface area contributed by atoms with E-state index in [-0.39, 0.29) is 12.3 Å². The number of thiazole rings is 1. The number of nitrogens with two attached hydrogens (primary N) is 1. The molecule has 1 aromatic carbocycles. The van der Waals surface area contributed by atoms with Crippen molar-refractivity contribution in [3.05, 3.63) is 34.7 Å². The number of amides is 1. The molecule has 0 unspecified atom stereocenters. The third kappa shape index (κ3) is 4.79. The zero-order valence-corrected chi connectivity index (χ0v) is 14.6. The Balaban J connectivity index is 1.51. The predicted molar refractivity (Wildman–Crippen MR) is 96.2 cm³/mol. The normalized spacial score (nSPS) is 15.3. The number of benzene rings is 1. The molecule has 1 amide bonds. The molecule has 0 bridgehead atoms. The minimum absolute atomic E-state index is 0.197. The fraction of sp³-hybridized carbons (Fsp3) is 0.444. The molecule has 1 saturated heterocycles. The second kappa shape index (κ2) is 8.26. The molecule has 2 aromatic rings. The van der Waals surface area contributed by atoms with Crippen LogP contribution in [0.15, 0.2) is 29.6 Å². The summed E-state index contributed by atoms with van der Waals surface area (Å²) in [5, 5.41) is 2.70. The average Bonchev–Trinajstić information content (AvgIpc) is 3.04. The van der Waals surface area contributed by atoms with Gasteiger partial charge in [-0.05, 0) is 50.2 Å². The van der Waals surface area contributed by atoms with Crippen LogP contribution in [0.4, 0.5) is 0 Å². The van der Waals surface area contributed by atoms with E-state index < -0.39 is 0 Å². The minimum Gasteiger partial charge on any atom is -0.492 e. The smallest absolute Gasteiger partial charge is 0.224 e. The van der Waals surface area contributed by atoms with Crippen LogP contribution < -0.4 is 10.5 Å². The molecule has 128 valence electrons. The molecular weight excluding hydrogens is 322 g/mol. The lowest BCUT2D eigenvalue weighted by Gasteiger charge is -2.26. The summed E-state index contributed by atoms with van der Waals surface area (Å²) in [5.41, 5.74) is 7.09. The van der Waals surface area contributed by atoms with Crippen LogP contribution >= 0.6 is 11.3 Å². The van der Waals surface area contributed by atoms with Crippen molar-refractivity contribution < 1.29 is 9.53 Å². The lowest BCUT2D eigenvalue weighted by molar-refractivity contribution is -0.117. The Bertz CT molecular complexity index is 663. The maximum absolute atomic E-state index is 10.9. The Labute approximate surface area is 146 Å². The second-order valence-electron chi connectivity index (χ2n) is 6.04. The van der Waals surface area contributed by atoms with Crippen LogP contribution in [0.1, 0.15) is 24.3 Å². The van der Waals surface area contributed by atoms with Gasteiger partial charge in [0.15, 0.2) is 0 Å². The van der Waals surface area contributed by atoms with E-state index in [9.17, 15) is 4.79 Å². The van der Waals surface area contributed by atoms with Crippen molar-refractivity contribution in [2.75, 3.05) is 26.2 Å². The van der Waals surface area contributed by atoms with Gasteiger partial charge in [0.05, 0.1) is 12.1 Å². The topological polar surface area (TPSA) is 68.5 Å². The Morgan fingerprint density at radius 1 is 1.21 bits per heavy atom. The molecule has 2 heterocycles. The maximum Gasteiger partial charge on any atom is 0.224 e. The number of hydrogen-bond donors (Lipinski definition) is 1. The van der Waals surface area contributed by atoms with E-state index in [0.717, 1.165) is 35.2 Å². The van der Waals surface area contributed by atoms with Gasteiger partial charge in [0.2, 0.25) is 5.91 Å². The van der Waals surface area contributed by atoms with Crippen molar-refractivity contribution in [2.24, 2.45) is 5.73 Å². The molecule has 5 nitrogen and oxygen atoms in total. The van der Waals surface area contributed by atoms with Crippen molar-refractivity contribution in [1.29, 1.82) is 0 Å². The Morgan fingerprint density at radius 2 is 1.96 bits per heavy atom. The molecule has 0 atom stereocenters. The van der Waals surface area contributed by atoms with Gasteiger partial charge < -0.3 is 10.5 Å². The van der Waals surface area contributed by atoms with E-state index in [1.165, 1.54) is 43.7 Å². The fourth-order valence-corrected chi connectivity index (χ4v) is 3.68. The van der Waals surface area contributed by atoms with Gasteiger partial charge in [-0.15, -0.1) is 11.3 Å². The summed E-state index contributed by atoms with van der Waals surface area (Å²) in [5.74, 6) is 0.525. The summed E-state index contributed by atoms with van der Waals surface area (Å²) in [6.07, 6.45) is 4.17. The first-order chi connectivity index (χ1) is 11.7. The van der Waals surface area contributed by atoms with E-state index in [0.29, 0.717) is 0 Å². The first kappa shape index (κ1) is 16.9. The van der Waals surface area contributed by atoms with Crippen molar-refractivity contribution in [3.8, 4) is 17.0 Å². The highest BCUT2D eigenvalue weighted by molar-refractivity contribution is 7.10. The lowest BCUT2D eigenvalue weighted by Crippen LogP contribution is -2.33. The van der Waals surface area contributed by atoms with Crippen LogP contribution in [-0.4, -0.2) is 42.0 Å². The Hall–Kier alpha value is -1.92. The van der Waals surface area contributed by atoms with E-state index in [2.05, 4.69) is 9.88 Å². The minimum atomic E-state index is -0.353. The van der Waals surface area contributed by atoms with E-state index in [1.807, 2.05) is 29.6 Å². The summed E-state index contributed by atoms with van der Waals surface area (Å²) < 4.78 is 5.84. The van der Waals surface area contributed by atoms with Crippen molar-refractivity contribution in [3.63, 3.8) is 0 Å². The second-order valence-corrected chi connectivity index (χ2v) is 6.99. The van der Waals surface area contributed by atoms with Crippen LogP contribution in [0.25, 0.3) is 11.3 Å². The van der Waals surface area contributed by atoms with Gasteiger partial charge in [0.1, 0.15) is 17.4 Å². The van der Waals surface area contributed by atoms with Crippen LogP contribution in [0.5, 0.6) is 5.75 Å². The van der Waals surface area contributed by atoms with Gasteiger partial charge in [-0.1, -0.05) is 6.42 Å². The number of ether oxygens (including phenoxy) is 1.